The van der Waals surface area contributed by atoms with Crippen LogP contribution in [0.5, 0.6) is 0 Å². The molecule has 0 N–H and O–H groups in total. The second kappa shape index (κ2) is 5.66. The van der Waals surface area contributed by atoms with Crippen LogP contribution in [0.15, 0.2) is 36.8 Å². The van der Waals surface area contributed by atoms with Crippen LogP contribution in [0.3, 0.4) is 0 Å². The van der Waals surface area contributed by atoms with Gasteiger partial charge in [0.05, 0.1) is 11.8 Å². The summed E-state index contributed by atoms with van der Waals surface area (Å²) < 4.78 is 0. The fourth-order valence-electron chi connectivity index (χ4n) is 2.66. The third-order valence-electron chi connectivity index (χ3n) is 3.69. The molecule has 0 radical (unpaired) electrons. The Morgan fingerprint density at radius 3 is 2.95 bits per heavy atom. The minimum absolute atomic E-state index is 0.485. The third-order valence-corrected chi connectivity index (χ3v) is 3.69. The molecular formula is C15H15N5. The molecule has 1 saturated heterocycles. The summed E-state index contributed by atoms with van der Waals surface area (Å²) >= 11 is 0. The van der Waals surface area contributed by atoms with Crippen LogP contribution in [-0.2, 0) is 0 Å². The molecule has 2 aromatic heterocycles. The van der Waals surface area contributed by atoms with Crippen molar-refractivity contribution in [2.24, 2.45) is 0 Å². The Bertz CT molecular complexity index is 620. The zero-order valence-electron chi connectivity index (χ0n) is 11.1. The van der Waals surface area contributed by atoms with Crippen molar-refractivity contribution in [3.05, 3.63) is 47.9 Å². The predicted octanol–water partition coefficient (Wildman–Crippen LogP) is 2.13. The van der Waals surface area contributed by atoms with Crippen LogP contribution in [0.2, 0.25) is 0 Å². The van der Waals surface area contributed by atoms with E-state index in [0.717, 1.165) is 25.3 Å². The van der Waals surface area contributed by atoms with E-state index in [-0.39, 0.29) is 0 Å². The number of nitriles is 1. The maximum absolute atomic E-state index is 8.95. The third kappa shape index (κ3) is 2.59. The highest BCUT2D eigenvalue weighted by Gasteiger charge is 2.22. The molecule has 0 aliphatic carbocycles. The number of piperidine rings is 1. The Balaban J connectivity index is 1.80. The largest absolute Gasteiger partial charge is 0.354 e. The van der Waals surface area contributed by atoms with Gasteiger partial charge in [0.15, 0.2) is 5.82 Å². The molecule has 1 unspecified atom stereocenters. The number of anilines is 1. The summed E-state index contributed by atoms with van der Waals surface area (Å²) in [5.74, 6) is 1.28. The normalized spacial score (nSPS) is 18.6. The second-order valence-electron chi connectivity index (χ2n) is 4.98. The lowest BCUT2D eigenvalue weighted by atomic mass is 9.91. The van der Waals surface area contributed by atoms with Crippen LogP contribution in [0.25, 0.3) is 0 Å². The van der Waals surface area contributed by atoms with E-state index in [4.69, 9.17) is 5.26 Å². The van der Waals surface area contributed by atoms with E-state index in [2.05, 4.69) is 38.3 Å². The molecule has 1 atom stereocenters. The summed E-state index contributed by atoms with van der Waals surface area (Å²) in [6.45, 7) is 1.87. The molecule has 0 bridgehead atoms. The SMILES string of the molecule is N#Cc1cnnc(N2CCCC(c3ccncc3)C2)c1. The summed E-state index contributed by atoms with van der Waals surface area (Å²) in [6, 6.07) is 8.07. The van der Waals surface area contributed by atoms with Gasteiger partial charge in [0.2, 0.25) is 0 Å². The number of hydrogen-bond donors (Lipinski definition) is 0. The molecule has 5 heteroatoms. The Labute approximate surface area is 117 Å². The summed E-state index contributed by atoms with van der Waals surface area (Å²) in [5.41, 5.74) is 1.87. The lowest BCUT2D eigenvalue weighted by molar-refractivity contribution is 0.505. The lowest BCUT2D eigenvalue weighted by Gasteiger charge is -2.33. The van der Waals surface area contributed by atoms with E-state index < -0.39 is 0 Å². The minimum atomic E-state index is 0.485. The highest BCUT2D eigenvalue weighted by atomic mass is 15.3. The predicted molar refractivity (Wildman–Crippen MR) is 75.2 cm³/mol. The number of rotatable bonds is 2. The molecule has 1 aliphatic heterocycles. The van der Waals surface area contributed by atoms with Gasteiger partial charge in [-0.15, -0.1) is 5.10 Å². The summed E-state index contributed by atoms with van der Waals surface area (Å²) in [7, 11) is 0. The van der Waals surface area contributed by atoms with Crippen LogP contribution in [0.1, 0.15) is 29.9 Å². The van der Waals surface area contributed by atoms with Crippen LogP contribution in [0.4, 0.5) is 5.82 Å². The Morgan fingerprint density at radius 1 is 1.30 bits per heavy atom. The second-order valence-corrected chi connectivity index (χ2v) is 4.98. The maximum atomic E-state index is 8.95. The van der Waals surface area contributed by atoms with E-state index in [1.807, 2.05) is 18.5 Å². The fraction of sp³-hybridized carbons (Fsp3) is 0.333. The molecule has 100 valence electrons. The zero-order valence-corrected chi connectivity index (χ0v) is 11.1. The van der Waals surface area contributed by atoms with Crippen LogP contribution >= 0.6 is 0 Å². The van der Waals surface area contributed by atoms with Gasteiger partial charge in [-0.1, -0.05) is 0 Å². The molecule has 0 spiro atoms. The average Bonchev–Trinajstić information content (AvgIpc) is 2.56. The van der Waals surface area contributed by atoms with E-state index in [0.29, 0.717) is 11.5 Å². The first kappa shape index (κ1) is 12.5. The van der Waals surface area contributed by atoms with Crippen LogP contribution < -0.4 is 4.90 Å². The maximum Gasteiger partial charge on any atom is 0.152 e. The first-order chi connectivity index (χ1) is 9.86. The van der Waals surface area contributed by atoms with Crippen molar-refractivity contribution in [3.8, 4) is 6.07 Å². The topological polar surface area (TPSA) is 65.7 Å². The fourth-order valence-corrected chi connectivity index (χ4v) is 2.66. The van der Waals surface area contributed by atoms with Gasteiger partial charge in [0, 0.05) is 37.5 Å². The quantitative estimate of drug-likeness (QED) is 0.832. The first-order valence-corrected chi connectivity index (χ1v) is 6.74. The molecule has 0 saturated carbocycles. The standard InChI is InChI=1S/C15H15N5/c16-9-12-8-15(19-18-10-12)20-7-1-2-14(11-20)13-3-5-17-6-4-13/h3-6,8,10,14H,1-2,7,11H2. The van der Waals surface area contributed by atoms with Crippen LogP contribution in [-0.4, -0.2) is 28.3 Å². The van der Waals surface area contributed by atoms with Crippen molar-refractivity contribution in [2.75, 3.05) is 18.0 Å². The summed E-state index contributed by atoms with van der Waals surface area (Å²) in [6.07, 6.45) is 7.46. The Morgan fingerprint density at radius 2 is 2.15 bits per heavy atom. The van der Waals surface area contributed by atoms with Gasteiger partial charge in [-0.25, -0.2) is 0 Å². The van der Waals surface area contributed by atoms with Crippen molar-refractivity contribution in [3.63, 3.8) is 0 Å². The molecule has 0 aromatic carbocycles. The van der Waals surface area contributed by atoms with Gasteiger partial charge in [-0.2, -0.15) is 10.4 Å². The molecule has 20 heavy (non-hydrogen) atoms. The lowest BCUT2D eigenvalue weighted by Crippen LogP contribution is -2.35. The molecule has 1 fully saturated rings. The Kier molecular flexibility index (Phi) is 3.55. The molecule has 0 amide bonds. The molecule has 5 nitrogen and oxygen atoms in total. The number of aromatic nitrogens is 3. The molecule has 2 aromatic rings. The highest BCUT2D eigenvalue weighted by molar-refractivity contribution is 5.44. The number of hydrogen-bond acceptors (Lipinski definition) is 5. The highest BCUT2D eigenvalue weighted by Crippen LogP contribution is 2.28. The van der Waals surface area contributed by atoms with E-state index in [1.165, 1.54) is 18.2 Å². The Hall–Kier alpha value is -2.48. The first-order valence-electron chi connectivity index (χ1n) is 6.74. The molecule has 3 heterocycles. The van der Waals surface area contributed by atoms with Crippen molar-refractivity contribution in [1.82, 2.24) is 15.2 Å². The van der Waals surface area contributed by atoms with E-state index in [9.17, 15) is 0 Å². The minimum Gasteiger partial charge on any atom is -0.354 e. The smallest absolute Gasteiger partial charge is 0.152 e. The van der Waals surface area contributed by atoms with Crippen LogP contribution in [0, 0.1) is 11.3 Å². The van der Waals surface area contributed by atoms with Gasteiger partial charge < -0.3 is 4.90 Å². The van der Waals surface area contributed by atoms with Gasteiger partial charge >= 0.3 is 0 Å². The van der Waals surface area contributed by atoms with E-state index >= 15 is 0 Å². The summed E-state index contributed by atoms with van der Waals surface area (Å²) in [4.78, 5) is 6.28. The van der Waals surface area contributed by atoms with Gasteiger partial charge in [0.25, 0.3) is 0 Å². The van der Waals surface area contributed by atoms with Crippen molar-refractivity contribution in [1.29, 1.82) is 5.26 Å². The van der Waals surface area contributed by atoms with Gasteiger partial charge in [-0.05, 0) is 30.5 Å². The van der Waals surface area contributed by atoms with Crippen molar-refractivity contribution >= 4 is 5.82 Å². The summed E-state index contributed by atoms with van der Waals surface area (Å²) in [5, 5.41) is 17.0. The number of nitrogens with zero attached hydrogens (tertiary/aromatic N) is 5. The monoisotopic (exact) mass is 265 g/mol. The van der Waals surface area contributed by atoms with Crippen molar-refractivity contribution in [2.45, 2.75) is 18.8 Å². The number of pyridine rings is 1. The van der Waals surface area contributed by atoms with Crippen molar-refractivity contribution < 1.29 is 0 Å². The average molecular weight is 265 g/mol. The molecular weight excluding hydrogens is 250 g/mol. The van der Waals surface area contributed by atoms with E-state index in [1.54, 1.807) is 0 Å². The van der Waals surface area contributed by atoms with Gasteiger partial charge in [-0.3, -0.25) is 4.98 Å². The van der Waals surface area contributed by atoms with Gasteiger partial charge in [0.1, 0.15) is 6.07 Å². The molecule has 1 aliphatic rings. The molecule has 3 rings (SSSR count). The zero-order chi connectivity index (χ0) is 13.8.